The van der Waals surface area contributed by atoms with Gasteiger partial charge in [-0.1, -0.05) is 17.7 Å². The van der Waals surface area contributed by atoms with Crippen LogP contribution in [0.25, 0.3) is 0 Å². The quantitative estimate of drug-likeness (QED) is 0.568. The van der Waals surface area contributed by atoms with Gasteiger partial charge < -0.3 is 15.4 Å². The minimum Gasteiger partial charge on any atom is -0.451 e. The van der Waals surface area contributed by atoms with Crippen molar-refractivity contribution in [2.45, 2.75) is 0 Å². The number of esters is 1. The topological polar surface area (TPSA) is 104 Å². The maximum atomic E-state index is 11.9. The van der Waals surface area contributed by atoms with E-state index in [1.54, 1.807) is 6.08 Å². The van der Waals surface area contributed by atoms with E-state index in [2.05, 4.69) is 22.2 Å². The van der Waals surface area contributed by atoms with E-state index in [0.29, 0.717) is 16.7 Å². The monoisotopic (exact) mass is 376 g/mol. The van der Waals surface area contributed by atoms with E-state index in [0.717, 1.165) is 0 Å². The minimum atomic E-state index is -0.718. The summed E-state index contributed by atoms with van der Waals surface area (Å²) in [5, 5.41) is 16.9. The second-order valence-electron chi connectivity index (χ2n) is 4.63. The third-order valence-corrected chi connectivity index (χ3v) is 3.86. The molecule has 2 rings (SSSR count). The highest BCUT2D eigenvalue weighted by molar-refractivity contribution is 7.13. The van der Waals surface area contributed by atoms with Gasteiger partial charge in [0, 0.05) is 16.9 Å². The Bertz CT molecular complexity index is 844. The highest BCUT2D eigenvalue weighted by atomic mass is 35.5. The van der Waals surface area contributed by atoms with Gasteiger partial charge in [0.05, 0.1) is 11.3 Å². The molecule has 0 fully saturated rings. The lowest BCUT2D eigenvalue weighted by Crippen LogP contribution is -2.21. The second kappa shape index (κ2) is 8.82. The third kappa shape index (κ3) is 5.31. The number of thiazole rings is 1. The number of hydrogen-bond donors (Lipinski definition) is 2. The molecule has 1 aromatic carbocycles. The standard InChI is InChI=1S/C16H13ClN4O3S/c1-2-5-19-16-21-13(9-25-16)15(23)24-8-14(22)20-12-6-11(17)4-3-10(12)7-18/h2-4,6,9H,1,5,8H2,(H,19,21)(H,20,22). The molecular formula is C16H13ClN4O3S. The van der Waals surface area contributed by atoms with Gasteiger partial charge in [-0.2, -0.15) is 5.26 Å². The zero-order valence-corrected chi connectivity index (χ0v) is 14.5. The van der Waals surface area contributed by atoms with Gasteiger partial charge >= 0.3 is 5.97 Å². The lowest BCUT2D eigenvalue weighted by Gasteiger charge is -2.07. The van der Waals surface area contributed by atoms with Crippen LogP contribution in [0.4, 0.5) is 10.8 Å². The van der Waals surface area contributed by atoms with Crippen LogP contribution in [0.3, 0.4) is 0 Å². The van der Waals surface area contributed by atoms with E-state index < -0.39 is 18.5 Å². The first-order chi connectivity index (χ1) is 12.0. The van der Waals surface area contributed by atoms with Gasteiger partial charge in [-0.05, 0) is 18.2 Å². The average molecular weight is 377 g/mol. The molecule has 0 unspecified atom stereocenters. The number of benzene rings is 1. The van der Waals surface area contributed by atoms with Gasteiger partial charge in [0.25, 0.3) is 5.91 Å². The van der Waals surface area contributed by atoms with Crippen LogP contribution in [0.15, 0.2) is 36.2 Å². The summed E-state index contributed by atoms with van der Waals surface area (Å²) in [6.07, 6.45) is 1.66. The van der Waals surface area contributed by atoms with Crippen LogP contribution in [-0.4, -0.2) is 30.0 Å². The van der Waals surface area contributed by atoms with E-state index in [1.807, 2.05) is 6.07 Å². The molecule has 0 saturated carbocycles. The Hall–Kier alpha value is -2.89. The zero-order valence-electron chi connectivity index (χ0n) is 12.9. The molecule has 1 aromatic heterocycles. The molecule has 2 N–H and O–H groups in total. The van der Waals surface area contributed by atoms with Crippen LogP contribution in [0.5, 0.6) is 0 Å². The molecule has 0 spiro atoms. The van der Waals surface area contributed by atoms with Crippen molar-refractivity contribution in [2.24, 2.45) is 0 Å². The summed E-state index contributed by atoms with van der Waals surface area (Å²) in [5.41, 5.74) is 0.604. The molecule has 25 heavy (non-hydrogen) atoms. The first-order valence-electron chi connectivity index (χ1n) is 7.00. The van der Waals surface area contributed by atoms with Crippen molar-refractivity contribution in [2.75, 3.05) is 23.8 Å². The van der Waals surface area contributed by atoms with Gasteiger partial charge in [-0.25, -0.2) is 9.78 Å². The maximum absolute atomic E-state index is 11.9. The number of halogens is 1. The fourth-order valence-corrected chi connectivity index (χ4v) is 2.58. The number of hydrogen-bond acceptors (Lipinski definition) is 7. The molecule has 1 amide bonds. The Labute approximate surface area is 152 Å². The average Bonchev–Trinajstić information content (AvgIpc) is 3.07. The Kier molecular flexibility index (Phi) is 6.51. The predicted molar refractivity (Wildman–Crippen MR) is 95.9 cm³/mol. The summed E-state index contributed by atoms with van der Waals surface area (Å²) in [7, 11) is 0. The van der Waals surface area contributed by atoms with Crippen molar-refractivity contribution < 1.29 is 14.3 Å². The predicted octanol–water partition coefficient (Wildman–Crippen LogP) is 3.06. The van der Waals surface area contributed by atoms with Crippen LogP contribution in [0.2, 0.25) is 5.02 Å². The number of nitrogens with one attached hydrogen (secondary N) is 2. The Morgan fingerprint density at radius 1 is 1.48 bits per heavy atom. The molecular weight excluding hydrogens is 364 g/mol. The Balaban J connectivity index is 1.90. The van der Waals surface area contributed by atoms with Gasteiger partial charge in [-0.3, -0.25) is 4.79 Å². The van der Waals surface area contributed by atoms with Crippen LogP contribution < -0.4 is 10.6 Å². The highest BCUT2D eigenvalue weighted by Crippen LogP contribution is 2.20. The van der Waals surface area contributed by atoms with Crippen molar-refractivity contribution >= 4 is 45.6 Å². The smallest absolute Gasteiger partial charge is 0.358 e. The van der Waals surface area contributed by atoms with Crippen LogP contribution in [-0.2, 0) is 9.53 Å². The Morgan fingerprint density at radius 3 is 3.00 bits per heavy atom. The number of nitriles is 1. The molecule has 0 aliphatic heterocycles. The molecule has 0 aliphatic rings. The third-order valence-electron chi connectivity index (χ3n) is 2.82. The summed E-state index contributed by atoms with van der Waals surface area (Å²) in [6, 6.07) is 6.40. The highest BCUT2D eigenvalue weighted by Gasteiger charge is 2.15. The number of aromatic nitrogens is 1. The number of ether oxygens (including phenoxy) is 1. The van der Waals surface area contributed by atoms with Crippen molar-refractivity contribution in [3.63, 3.8) is 0 Å². The van der Waals surface area contributed by atoms with Crippen molar-refractivity contribution in [3.05, 3.63) is 52.5 Å². The van der Waals surface area contributed by atoms with Crippen LogP contribution in [0.1, 0.15) is 16.1 Å². The molecule has 0 saturated heterocycles. The molecule has 7 nitrogen and oxygen atoms in total. The Morgan fingerprint density at radius 2 is 2.28 bits per heavy atom. The largest absolute Gasteiger partial charge is 0.451 e. The molecule has 0 aliphatic carbocycles. The maximum Gasteiger partial charge on any atom is 0.358 e. The normalized spacial score (nSPS) is 9.76. The van der Waals surface area contributed by atoms with Crippen molar-refractivity contribution in [3.8, 4) is 6.07 Å². The van der Waals surface area contributed by atoms with Crippen LogP contribution in [0, 0.1) is 11.3 Å². The summed E-state index contributed by atoms with van der Waals surface area (Å²) in [4.78, 5) is 27.8. The van der Waals surface area contributed by atoms with E-state index >= 15 is 0 Å². The van der Waals surface area contributed by atoms with E-state index in [1.165, 1.54) is 34.9 Å². The lowest BCUT2D eigenvalue weighted by atomic mass is 10.2. The van der Waals surface area contributed by atoms with E-state index in [-0.39, 0.29) is 16.9 Å². The minimum absolute atomic E-state index is 0.102. The fourth-order valence-electron chi connectivity index (χ4n) is 1.72. The zero-order chi connectivity index (χ0) is 18.2. The molecule has 128 valence electrons. The van der Waals surface area contributed by atoms with Crippen molar-refractivity contribution in [1.82, 2.24) is 4.98 Å². The number of carbonyl (C=O) groups excluding carboxylic acids is 2. The van der Waals surface area contributed by atoms with Gasteiger partial charge in [0.1, 0.15) is 6.07 Å². The second-order valence-corrected chi connectivity index (χ2v) is 5.93. The number of amides is 1. The lowest BCUT2D eigenvalue weighted by molar-refractivity contribution is -0.119. The number of nitrogens with zero attached hydrogens (tertiary/aromatic N) is 2. The summed E-state index contributed by atoms with van der Waals surface area (Å²) in [5.74, 6) is -1.31. The summed E-state index contributed by atoms with van der Waals surface area (Å²) < 4.78 is 4.91. The molecule has 9 heteroatoms. The number of rotatable bonds is 7. The van der Waals surface area contributed by atoms with E-state index in [9.17, 15) is 9.59 Å². The molecule has 2 aromatic rings. The number of carbonyl (C=O) groups is 2. The molecule has 1 heterocycles. The summed E-state index contributed by atoms with van der Waals surface area (Å²) >= 11 is 7.08. The molecule has 0 atom stereocenters. The fraction of sp³-hybridized carbons (Fsp3) is 0.125. The summed E-state index contributed by atoms with van der Waals surface area (Å²) in [6.45, 7) is 3.58. The molecule has 0 radical (unpaired) electrons. The van der Waals surface area contributed by atoms with E-state index in [4.69, 9.17) is 21.6 Å². The van der Waals surface area contributed by atoms with Gasteiger partial charge in [0.2, 0.25) is 0 Å². The van der Waals surface area contributed by atoms with Crippen LogP contribution >= 0.6 is 22.9 Å². The van der Waals surface area contributed by atoms with Crippen molar-refractivity contribution in [1.29, 1.82) is 5.26 Å². The molecule has 0 bridgehead atoms. The first kappa shape index (κ1) is 18.4. The van der Waals surface area contributed by atoms with Gasteiger partial charge in [-0.15, -0.1) is 17.9 Å². The van der Waals surface area contributed by atoms with Gasteiger partial charge in [0.15, 0.2) is 17.4 Å². The number of anilines is 2. The first-order valence-corrected chi connectivity index (χ1v) is 8.26. The SMILES string of the molecule is C=CCNc1nc(C(=O)OCC(=O)Nc2cc(Cl)ccc2C#N)cs1.